The number of nitrogen functional groups attached to an aromatic ring is 1. The first-order valence-electron chi connectivity index (χ1n) is 5.66. The Balaban J connectivity index is 2.58. The SMILES string of the molecule is Cc1ccc(N)c(C)c1N1C(=O)CC(C)C1=O. The van der Waals surface area contributed by atoms with Crippen molar-refractivity contribution in [2.75, 3.05) is 10.6 Å². The monoisotopic (exact) mass is 232 g/mol. The molecule has 1 atom stereocenters. The zero-order valence-corrected chi connectivity index (χ0v) is 10.3. The van der Waals surface area contributed by atoms with Gasteiger partial charge in [-0.2, -0.15) is 0 Å². The maximum Gasteiger partial charge on any atom is 0.237 e. The molecule has 1 heterocycles. The van der Waals surface area contributed by atoms with Crippen LogP contribution < -0.4 is 10.6 Å². The summed E-state index contributed by atoms with van der Waals surface area (Å²) in [5, 5.41) is 0. The second kappa shape index (κ2) is 3.87. The number of imide groups is 1. The molecule has 0 aliphatic carbocycles. The number of rotatable bonds is 1. The van der Waals surface area contributed by atoms with Gasteiger partial charge in [-0.1, -0.05) is 13.0 Å². The predicted molar refractivity (Wildman–Crippen MR) is 66.6 cm³/mol. The molecule has 1 aromatic carbocycles. The predicted octanol–water partition coefficient (Wildman–Crippen LogP) is 1.79. The molecular weight excluding hydrogens is 216 g/mol. The molecule has 2 N–H and O–H groups in total. The fraction of sp³-hybridized carbons (Fsp3) is 0.385. The summed E-state index contributed by atoms with van der Waals surface area (Å²) in [6.07, 6.45) is 0.284. The van der Waals surface area contributed by atoms with Gasteiger partial charge >= 0.3 is 0 Å². The molecule has 1 aliphatic rings. The van der Waals surface area contributed by atoms with Crippen LogP contribution in [0.1, 0.15) is 24.5 Å². The van der Waals surface area contributed by atoms with E-state index >= 15 is 0 Å². The molecule has 1 aromatic rings. The van der Waals surface area contributed by atoms with Gasteiger partial charge in [-0.3, -0.25) is 9.59 Å². The number of carbonyl (C=O) groups excluding carboxylic acids is 2. The van der Waals surface area contributed by atoms with Crippen molar-refractivity contribution >= 4 is 23.2 Å². The maximum atomic E-state index is 12.0. The van der Waals surface area contributed by atoms with Crippen LogP contribution in [0.15, 0.2) is 12.1 Å². The normalized spacial score (nSPS) is 20.2. The van der Waals surface area contributed by atoms with Crippen molar-refractivity contribution in [3.63, 3.8) is 0 Å². The van der Waals surface area contributed by atoms with E-state index in [9.17, 15) is 9.59 Å². The Morgan fingerprint density at radius 3 is 2.47 bits per heavy atom. The molecule has 1 saturated heterocycles. The van der Waals surface area contributed by atoms with Crippen LogP contribution in [-0.2, 0) is 9.59 Å². The Hall–Kier alpha value is -1.84. The number of nitrogens with two attached hydrogens (primary N) is 1. The fourth-order valence-corrected chi connectivity index (χ4v) is 2.21. The number of nitrogens with zero attached hydrogens (tertiary/aromatic N) is 1. The Morgan fingerprint density at radius 2 is 1.94 bits per heavy atom. The topological polar surface area (TPSA) is 63.4 Å². The summed E-state index contributed by atoms with van der Waals surface area (Å²) in [5.41, 5.74) is 8.78. The number of anilines is 2. The molecule has 4 nitrogen and oxygen atoms in total. The second-order valence-electron chi connectivity index (χ2n) is 4.62. The number of hydrogen-bond donors (Lipinski definition) is 1. The number of hydrogen-bond acceptors (Lipinski definition) is 3. The number of amides is 2. The molecule has 1 aliphatic heterocycles. The van der Waals surface area contributed by atoms with E-state index in [4.69, 9.17) is 5.73 Å². The molecule has 2 rings (SSSR count). The van der Waals surface area contributed by atoms with Gasteiger partial charge in [0.05, 0.1) is 5.69 Å². The van der Waals surface area contributed by atoms with E-state index in [2.05, 4.69) is 0 Å². The van der Waals surface area contributed by atoms with Gasteiger partial charge < -0.3 is 5.73 Å². The van der Waals surface area contributed by atoms with E-state index < -0.39 is 0 Å². The summed E-state index contributed by atoms with van der Waals surface area (Å²) in [7, 11) is 0. The minimum atomic E-state index is -0.234. The lowest BCUT2D eigenvalue weighted by Crippen LogP contribution is -2.31. The molecular formula is C13H16N2O2. The lowest BCUT2D eigenvalue weighted by Gasteiger charge is -2.20. The first-order chi connectivity index (χ1) is 7.93. The summed E-state index contributed by atoms with van der Waals surface area (Å²) in [6, 6.07) is 3.63. The third-order valence-electron chi connectivity index (χ3n) is 3.27. The highest BCUT2D eigenvalue weighted by Crippen LogP contribution is 2.34. The van der Waals surface area contributed by atoms with Crippen LogP contribution in [0.4, 0.5) is 11.4 Å². The van der Waals surface area contributed by atoms with Gasteiger partial charge in [-0.25, -0.2) is 4.90 Å². The molecule has 1 unspecified atom stereocenters. The van der Waals surface area contributed by atoms with Gasteiger partial charge in [0.2, 0.25) is 11.8 Å². The summed E-state index contributed by atoms with van der Waals surface area (Å²) >= 11 is 0. The van der Waals surface area contributed by atoms with Crippen LogP contribution in [0.2, 0.25) is 0 Å². The third-order valence-corrected chi connectivity index (χ3v) is 3.27. The van der Waals surface area contributed by atoms with Crippen molar-refractivity contribution < 1.29 is 9.59 Å². The molecule has 1 fully saturated rings. The number of carbonyl (C=O) groups is 2. The first kappa shape index (κ1) is 11.6. The van der Waals surface area contributed by atoms with Crippen LogP contribution in [0.3, 0.4) is 0 Å². The Morgan fingerprint density at radius 1 is 1.29 bits per heavy atom. The zero-order chi connectivity index (χ0) is 12.7. The minimum Gasteiger partial charge on any atom is -0.398 e. The average molecular weight is 232 g/mol. The van der Waals surface area contributed by atoms with Crippen molar-refractivity contribution in [3.8, 4) is 0 Å². The molecule has 0 aromatic heterocycles. The summed E-state index contributed by atoms with van der Waals surface area (Å²) in [5.74, 6) is -0.506. The third kappa shape index (κ3) is 1.69. The van der Waals surface area contributed by atoms with E-state index in [0.29, 0.717) is 11.4 Å². The molecule has 0 spiro atoms. The van der Waals surface area contributed by atoms with E-state index in [0.717, 1.165) is 11.1 Å². The lowest BCUT2D eigenvalue weighted by atomic mass is 10.1. The lowest BCUT2D eigenvalue weighted by molar-refractivity contribution is -0.122. The molecule has 0 bridgehead atoms. The van der Waals surface area contributed by atoms with E-state index in [1.807, 2.05) is 19.9 Å². The molecule has 17 heavy (non-hydrogen) atoms. The Labute approximate surface area is 100 Å². The second-order valence-corrected chi connectivity index (χ2v) is 4.62. The molecule has 4 heteroatoms. The van der Waals surface area contributed by atoms with Crippen molar-refractivity contribution in [1.29, 1.82) is 0 Å². The van der Waals surface area contributed by atoms with Gasteiger partial charge in [0.1, 0.15) is 0 Å². The van der Waals surface area contributed by atoms with Gasteiger partial charge in [0.15, 0.2) is 0 Å². The summed E-state index contributed by atoms with van der Waals surface area (Å²) in [4.78, 5) is 25.2. The number of benzene rings is 1. The quantitative estimate of drug-likeness (QED) is 0.593. The fourth-order valence-electron chi connectivity index (χ4n) is 2.21. The average Bonchev–Trinajstić information content (AvgIpc) is 2.51. The van der Waals surface area contributed by atoms with Crippen molar-refractivity contribution in [2.24, 2.45) is 5.92 Å². The van der Waals surface area contributed by atoms with E-state index in [1.54, 1.807) is 13.0 Å². The van der Waals surface area contributed by atoms with E-state index in [-0.39, 0.29) is 24.2 Å². The van der Waals surface area contributed by atoms with Crippen molar-refractivity contribution in [1.82, 2.24) is 0 Å². The highest BCUT2D eigenvalue weighted by Gasteiger charge is 2.38. The highest BCUT2D eigenvalue weighted by molar-refractivity contribution is 6.21. The summed E-state index contributed by atoms with van der Waals surface area (Å²) in [6.45, 7) is 5.49. The minimum absolute atomic E-state index is 0.133. The van der Waals surface area contributed by atoms with Gasteiger partial charge in [-0.05, 0) is 31.0 Å². The zero-order valence-electron chi connectivity index (χ0n) is 10.3. The van der Waals surface area contributed by atoms with Crippen molar-refractivity contribution in [2.45, 2.75) is 27.2 Å². The van der Waals surface area contributed by atoms with Crippen LogP contribution in [0.5, 0.6) is 0 Å². The van der Waals surface area contributed by atoms with Crippen LogP contribution in [0, 0.1) is 19.8 Å². The molecule has 90 valence electrons. The Kier molecular flexibility index (Phi) is 2.65. The van der Waals surface area contributed by atoms with Crippen LogP contribution in [-0.4, -0.2) is 11.8 Å². The smallest absolute Gasteiger partial charge is 0.237 e. The van der Waals surface area contributed by atoms with Crippen molar-refractivity contribution in [3.05, 3.63) is 23.3 Å². The molecule has 0 radical (unpaired) electrons. The molecule has 0 saturated carbocycles. The summed E-state index contributed by atoms with van der Waals surface area (Å²) < 4.78 is 0. The Bertz CT molecular complexity index is 508. The van der Waals surface area contributed by atoms with Gasteiger partial charge in [0, 0.05) is 18.0 Å². The standard InChI is InChI=1S/C13H16N2O2/c1-7-4-5-10(14)9(3)12(7)15-11(16)6-8(2)13(15)17/h4-5,8H,6,14H2,1-3H3. The van der Waals surface area contributed by atoms with Gasteiger partial charge in [-0.15, -0.1) is 0 Å². The van der Waals surface area contributed by atoms with Crippen LogP contribution >= 0.6 is 0 Å². The first-order valence-corrected chi connectivity index (χ1v) is 5.66. The van der Waals surface area contributed by atoms with E-state index in [1.165, 1.54) is 4.90 Å². The van der Waals surface area contributed by atoms with Gasteiger partial charge in [0.25, 0.3) is 0 Å². The maximum absolute atomic E-state index is 12.0. The largest absolute Gasteiger partial charge is 0.398 e. The van der Waals surface area contributed by atoms with Crippen LogP contribution in [0.25, 0.3) is 0 Å². The number of aryl methyl sites for hydroxylation is 1. The highest BCUT2D eigenvalue weighted by atomic mass is 16.2. The molecule has 2 amide bonds.